The Morgan fingerprint density at radius 3 is 2.83 bits per heavy atom. The highest BCUT2D eigenvalue weighted by Crippen LogP contribution is 2.29. The van der Waals surface area contributed by atoms with E-state index in [1.807, 2.05) is 0 Å². The van der Waals surface area contributed by atoms with Gasteiger partial charge in [-0.1, -0.05) is 24.6 Å². The van der Waals surface area contributed by atoms with E-state index in [1.165, 1.54) is 17.8 Å². The van der Waals surface area contributed by atoms with E-state index in [1.54, 1.807) is 12.1 Å². The van der Waals surface area contributed by atoms with Crippen molar-refractivity contribution in [1.82, 2.24) is 0 Å². The maximum Gasteiger partial charge on any atom is 0.138 e. The van der Waals surface area contributed by atoms with Crippen LogP contribution in [0.25, 0.3) is 0 Å². The first kappa shape index (κ1) is 9.87. The zero-order valence-corrected chi connectivity index (χ0v) is 8.38. The number of hydrogen-bond donors (Lipinski definition) is 0. The van der Waals surface area contributed by atoms with E-state index in [9.17, 15) is 4.39 Å². The van der Waals surface area contributed by atoms with Gasteiger partial charge in [0.25, 0.3) is 0 Å². The van der Waals surface area contributed by atoms with Crippen LogP contribution in [0.1, 0.15) is 13.3 Å². The predicted octanol–water partition coefficient (Wildman–Crippen LogP) is 3.98. The van der Waals surface area contributed by atoms with Crippen molar-refractivity contribution in [3.8, 4) is 0 Å². The van der Waals surface area contributed by atoms with Crippen molar-refractivity contribution in [3.05, 3.63) is 29.0 Å². The topological polar surface area (TPSA) is 0 Å². The molecule has 0 nitrogen and oxygen atoms in total. The van der Waals surface area contributed by atoms with Crippen LogP contribution in [-0.4, -0.2) is 5.75 Å². The van der Waals surface area contributed by atoms with Crippen LogP contribution in [0.15, 0.2) is 23.1 Å². The summed E-state index contributed by atoms with van der Waals surface area (Å²) >= 11 is 7.27. The summed E-state index contributed by atoms with van der Waals surface area (Å²) in [6.07, 6.45) is 1.02. The summed E-state index contributed by atoms with van der Waals surface area (Å²) in [7, 11) is 0. The van der Waals surface area contributed by atoms with E-state index in [0.29, 0.717) is 9.92 Å². The molecule has 1 rings (SSSR count). The van der Waals surface area contributed by atoms with E-state index in [0.717, 1.165) is 12.2 Å². The summed E-state index contributed by atoms with van der Waals surface area (Å²) in [5.41, 5.74) is 0. The highest BCUT2D eigenvalue weighted by atomic mass is 35.5. The van der Waals surface area contributed by atoms with Crippen LogP contribution < -0.4 is 0 Å². The minimum Gasteiger partial charge on any atom is -0.206 e. The van der Waals surface area contributed by atoms with Gasteiger partial charge in [0.15, 0.2) is 0 Å². The molecule has 1 aromatic rings. The minimum absolute atomic E-state index is 0.221. The first-order valence-electron chi connectivity index (χ1n) is 3.82. The van der Waals surface area contributed by atoms with E-state index in [4.69, 9.17) is 11.6 Å². The molecular weight excluding hydrogens is 195 g/mol. The van der Waals surface area contributed by atoms with Crippen LogP contribution in [0.3, 0.4) is 0 Å². The molecule has 0 saturated heterocycles. The van der Waals surface area contributed by atoms with Crippen molar-refractivity contribution >= 4 is 23.4 Å². The molecule has 0 heterocycles. The highest BCUT2D eigenvalue weighted by molar-refractivity contribution is 7.99. The standard InChI is InChI=1S/C9H10ClFS/c1-2-6-12-9-7(10)4-3-5-8(9)11/h3-5H,2,6H2,1H3. The first-order valence-corrected chi connectivity index (χ1v) is 5.19. The van der Waals surface area contributed by atoms with Gasteiger partial charge in [-0.05, 0) is 24.3 Å². The summed E-state index contributed by atoms with van der Waals surface area (Å²) in [4.78, 5) is 0.570. The summed E-state index contributed by atoms with van der Waals surface area (Å²) in [5.74, 6) is 0.682. The molecular formula is C9H10ClFS. The summed E-state index contributed by atoms with van der Waals surface area (Å²) < 4.78 is 13.1. The van der Waals surface area contributed by atoms with Gasteiger partial charge in [0.1, 0.15) is 5.82 Å². The Morgan fingerprint density at radius 1 is 1.50 bits per heavy atom. The second-order valence-electron chi connectivity index (χ2n) is 2.40. The fraction of sp³-hybridized carbons (Fsp3) is 0.333. The Hall–Kier alpha value is -0.210. The molecule has 0 atom stereocenters. The molecule has 0 aliphatic carbocycles. The molecule has 3 heteroatoms. The van der Waals surface area contributed by atoms with Crippen LogP contribution in [-0.2, 0) is 0 Å². The number of benzene rings is 1. The lowest BCUT2D eigenvalue weighted by atomic mass is 10.3. The average molecular weight is 205 g/mol. The molecule has 12 heavy (non-hydrogen) atoms. The van der Waals surface area contributed by atoms with Gasteiger partial charge in [0.05, 0.1) is 9.92 Å². The lowest BCUT2D eigenvalue weighted by molar-refractivity contribution is 0.602. The molecule has 0 aliphatic heterocycles. The maximum absolute atomic E-state index is 13.1. The third-order valence-electron chi connectivity index (χ3n) is 1.37. The lowest BCUT2D eigenvalue weighted by Crippen LogP contribution is -1.83. The second-order valence-corrected chi connectivity index (χ2v) is 3.91. The summed E-state index contributed by atoms with van der Waals surface area (Å²) in [5, 5.41) is 0.508. The van der Waals surface area contributed by atoms with E-state index in [2.05, 4.69) is 6.92 Å². The quantitative estimate of drug-likeness (QED) is 0.672. The van der Waals surface area contributed by atoms with Gasteiger partial charge in [-0.25, -0.2) is 4.39 Å². The number of halogens is 2. The van der Waals surface area contributed by atoms with Crippen molar-refractivity contribution < 1.29 is 4.39 Å². The Morgan fingerprint density at radius 2 is 2.25 bits per heavy atom. The smallest absolute Gasteiger partial charge is 0.138 e. The first-order chi connectivity index (χ1) is 5.75. The molecule has 0 fully saturated rings. The molecule has 0 unspecified atom stereocenters. The van der Waals surface area contributed by atoms with E-state index < -0.39 is 0 Å². The van der Waals surface area contributed by atoms with Gasteiger partial charge in [0.2, 0.25) is 0 Å². The molecule has 0 bridgehead atoms. The van der Waals surface area contributed by atoms with Crippen molar-refractivity contribution in [2.45, 2.75) is 18.2 Å². The fourth-order valence-corrected chi connectivity index (χ4v) is 1.97. The van der Waals surface area contributed by atoms with Crippen LogP contribution in [0, 0.1) is 5.82 Å². The van der Waals surface area contributed by atoms with Crippen LogP contribution in [0.5, 0.6) is 0 Å². The monoisotopic (exact) mass is 204 g/mol. The molecule has 0 aliphatic rings. The third kappa shape index (κ3) is 2.39. The van der Waals surface area contributed by atoms with Gasteiger partial charge in [-0.2, -0.15) is 0 Å². The molecule has 0 saturated carbocycles. The van der Waals surface area contributed by atoms with Gasteiger partial charge in [-0.3, -0.25) is 0 Å². The zero-order chi connectivity index (χ0) is 8.97. The number of thioether (sulfide) groups is 1. The predicted molar refractivity (Wildman–Crippen MR) is 52.4 cm³/mol. The van der Waals surface area contributed by atoms with Crippen molar-refractivity contribution in [2.75, 3.05) is 5.75 Å². The highest BCUT2D eigenvalue weighted by Gasteiger charge is 2.05. The maximum atomic E-state index is 13.1. The van der Waals surface area contributed by atoms with Crippen LogP contribution in [0.4, 0.5) is 4.39 Å². The normalized spacial score (nSPS) is 10.2. The average Bonchev–Trinajstić information content (AvgIpc) is 2.04. The number of hydrogen-bond acceptors (Lipinski definition) is 1. The Kier molecular flexibility index (Phi) is 3.89. The Labute approximate surface area is 81.1 Å². The fourth-order valence-electron chi connectivity index (χ4n) is 0.825. The van der Waals surface area contributed by atoms with Crippen LogP contribution >= 0.6 is 23.4 Å². The summed E-state index contributed by atoms with van der Waals surface area (Å²) in [6, 6.07) is 4.76. The van der Waals surface area contributed by atoms with E-state index in [-0.39, 0.29) is 5.82 Å². The molecule has 0 aromatic heterocycles. The minimum atomic E-state index is -0.221. The zero-order valence-electron chi connectivity index (χ0n) is 6.81. The second kappa shape index (κ2) is 4.73. The molecule has 0 spiro atoms. The van der Waals surface area contributed by atoms with Crippen molar-refractivity contribution in [2.24, 2.45) is 0 Å². The van der Waals surface area contributed by atoms with Gasteiger partial charge < -0.3 is 0 Å². The molecule has 0 radical (unpaired) electrons. The number of rotatable bonds is 3. The van der Waals surface area contributed by atoms with Gasteiger partial charge >= 0.3 is 0 Å². The van der Waals surface area contributed by atoms with Gasteiger partial charge in [0, 0.05) is 0 Å². The van der Waals surface area contributed by atoms with Crippen LogP contribution in [0.2, 0.25) is 5.02 Å². The van der Waals surface area contributed by atoms with Crippen molar-refractivity contribution in [3.63, 3.8) is 0 Å². The molecule has 0 N–H and O–H groups in total. The van der Waals surface area contributed by atoms with Gasteiger partial charge in [-0.15, -0.1) is 11.8 Å². The molecule has 66 valence electrons. The largest absolute Gasteiger partial charge is 0.206 e. The summed E-state index contributed by atoms with van der Waals surface area (Å²) in [6.45, 7) is 2.06. The Balaban J connectivity index is 2.81. The molecule has 0 amide bonds. The lowest BCUT2D eigenvalue weighted by Gasteiger charge is -2.03. The SMILES string of the molecule is CCCSc1c(F)cccc1Cl. The molecule has 1 aromatic carbocycles. The third-order valence-corrected chi connectivity index (χ3v) is 3.11. The van der Waals surface area contributed by atoms with E-state index >= 15 is 0 Å². The Bertz CT molecular complexity index is 242. The van der Waals surface area contributed by atoms with Crippen molar-refractivity contribution in [1.29, 1.82) is 0 Å².